The van der Waals surface area contributed by atoms with Crippen LogP contribution in [0.3, 0.4) is 0 Å². The molecular weight excluding hydrogens is 318 g/mol. The Bertz CT molecular complexity index is 276. The second-order valence-electron chi connectivity index (χ2n) is 5.82. The normalized spacial score (nSPS) is 17.1. The van der Waals surface area contributed by atoms with Gasteiger partial charge in [0, 0.05) is 9.47 Å². The molecule has 0 bridgehead atoms. The van der Waals surface area contributed by atoms with Gasteiger partial charge in [0.05, 0.1) is 12.2 Å². The summed E-state index contributed by atoms with van der Waals surface area (Å²) in [5.74, 6) is 0. The zero-order valence-corrected chi connectivity index (χ0v) is 16.9. The van der Waals surface area contributed by atoms with Crippen LogP contribution in [0.15, 0.2) is 0 Å². The van der Waals surface area contributed by atoms with Gasteiger partial charge in [-0.05, 0) is 25.7 Å². The number of unbranched alkanes of at least 4 members (excludes halogenated alkanes) is 4. The molecular formula is C16H36O4P2. The van der Waals surface area contributed by atoms with Gasteiger partial charge in [0.2, 0.25) is 0 Å². The molecule has 3 unspecified atom stereocenters. The molecule has 4 nitrogen and oxygen atoms in total. The van der Waals surface area contributed by atoms with Gasteiger partial charge in [0.25, 0.3) is 0 Å². The zero-order valence-electron chi connectivity index (χ0n) is 14.9. The molecule has 0 aliphatic heterocycles. The Labute approximate surface area is 140 Å². The van der Waals surface area contributed by atoms with Crippen molar-refractivity contribution in [3.05, 3.63) is 0 Å². The van der Waals surface area contributed by atoms with Crippen LogP contribution in [0, 0.1) is 0 Å². The third kappa shape index (κ3) is 10.3. The van der Waals surface area contributed by atoms with Crippen LogP contribution in [0.2, 0.25) is 0 Å². The van der Waals surface area contributed by atoms with Crippen molar-refractivity contribution in [3.8, 4) is 0 Å². The third-order valence-electron chi connectivity index (χ3n) is 3.86. The lowest BCUT2D eigenvalue weighted by atomic mass is 10.1. The molecule has 0 amide bonds. The van der Waals surface area contributed by atoms with Crippen molar-refractivity contribution in [1.29, 1.82) is 0 Å². The number of phosphoric ester groups is 1. The summed E-state index contributed by atoms with van der Waals surface area (Å²) < 4.78 is 29.2. The fourth-order valence-corrected chi connectivity index (χ4v) is 4.03. The van der Waals surface area contributed by atoms with E-state index in [-0.39, 0.29) is 12.2 Å². The zero-order chi connectivity index (χ0) is 16.8. The minimum Gasteiger partial charge on any atom is -0.283 e. The van der Waals surface area contributed by atoms with Crippen molar-refractivity contribution in [2.24, 2.45) is 0 Å². The maximum absolute atomic E-state index is 12.7. The fraction of sp³-hybridized carbons (Fsp3) is 1.00. The second kappa shape index (κ2) is 13.9. The molecule has 0 rings (SSSR count). The lowest BCUT2D eigenvalue weighted by Crippen LogP contribution is -2.16. The molecule has 6 heteroatoms. The van der Waals surface area contributed by atoms with Crippen molar-refractivity contribution >= 4 is 17.3 Å². The quantitative estimate of drug-likeness (QED) is 0.244. The van der Waals surface area contributed by atoms with E-state index in [0.29, 0.717) is 0 Å². The molecule has 0 fully saturated rings. The minimum absolute atomic E-state index is 0.0638. The summed E-state index contributed by atoms with van der Waals surface area (Å²) in [6.45, 7) is 8.43. The van der Waals surface area contributed by atoms with Crippen LogP contribution in [0.25, 0.3) is 0 Å². The Hall–Kier alpha value is 0.540. The van der Waals surface area contributed by atoms with Crippen LogP contribution in [0.1, 0.15) is 91.9 Å². The van der Waals surface area contributed by atoms with Crippen LogP contribution >= 0.6 is 17.3 Å². The minimum atomic E-state index is -3.48. The average molecular weight is 354 g/mol. The second-order valence-corrected chi connectivity index (χ2v) is 7.97. The van der Waals surface area contributed by atoms with Crippen molar-refractivity contribution in [3.63, 3.8) is 0 Å². The fourth-order valence-electron chi connectivity index (χ4n) is 2.35. The summed E-state index contributed by atoms with van der Waals surface area (Å²) in [6, 6.07) is 0. The Morgan fingerprint density at radius 3 is 1.50 bits per heavy atom. The van der Waals surface area contributed by atoms with E-state index in [1.54, 1.807) is 0 Å². The molecule has 0 heterocycles. The predicted molar refractivity (Wildman–Crippen MR) is 97.0 cm³/mol. The van der Waals surface area contributed by atoms with E-state index < -0.39 is 7.82 Å². The van der Waals surface area contributed by atoms with Gasteiger partial charge in [0.15, 0.2) is 0 Å². The van der Waals surface area contributed by atoms with Gasteiger partial charge < -0.3 is 0 Å². The summed E-state index contributed by atoms with van der Waals surface area (Å²) >= 11 is 0. The molecule has 0 spiro atoms. The molecule has 0 aromatic carbocycles. The summed E-state index contributed by atoms with van der Waals surface area (Å²) in [4.78, 5) is 0. The smallest absolute Gasteiger partial charge is 0.283 e. The molecule has 0 aliphatic rings. The first-order valence-electron chi connectivity index (χ1n) is 8.90. The SMILES string of the molecule is CCCCCC(CC)OP(=O)(OP)OC(CC)CCCCC. The Morgan fingerprint density at radius 1 is 0.818 bits per heavy atom. The molecule has 22 heavy (non-hydrogen) atoms. The number of hydrogen-bond acceptors (Lipinski definition) is 4. The molecule has 0 aromatic rings. The van der Waals surface area contributed by atoms with E-state index in [1.807, 2.05) is 23.3 Å². The van der Waals surface area contributed by atoms with E-state index in [9.17, 15) is 4.57 Å². The molecule has 0 saturated carbocycles. The average Bonchev–Trinajstić information content (AvgIpc) is 2.53. The summed E-state index contributed by atoms with van der Waals surface area (Å²) in [6.07, 6.45) is 10.1. The highest BCUT2D eigenvalue weighted by atomic mass is 31.2. The molecule has 0 radical (unpaired) electrons. The third-order valence-corrected chi connectivity index (χ3v) is 6.00. The number of rotatable bonds is 15. The van der Waals surface area contributed by atoms with Crippen LogP contribution in [0.4, 0.5) is 0 Å². The van der Waals surface area contributed by atoms with Gasteiger partial charge in [-0.3, -0.25) is 13.4 Å². The summed E-state index contributed by atoms with van der Waals surface area (Å²) in [7, 11) is -1.43. The standard InChI is InChI=1S/C16H36O4P2/c1-5-9-11-13-15(7-3)18-22(17,20-21)19-16(8-4)14-12-10-6-2/h15-16H,5-14,21H2,1-4H3. The molecule has 0 aromatic heterocycles. The summed E-state index contributed by atoms with van der Waals surface area (Å²) in [5, 5.41) is 0. The lowest BCUT2D eigenvalue weighted by molar-refractivity contribution is 0.0704. The van der Waals surface area contributed by atoms with Crippen LogP contribution in [-0.4, -0.2) is 12.2 Å². The molecule has 0 N–H and O–H groups in total. The first kappa shape index (κ1) is 22.5. The maximum atomic E-state index is 12.7. The van der Waals surface area contributed by atoms with Gasteiger partial charge in [-0.15, -0.1) is 0 Å². The van der Waals surface area contributed by atoms with Gasteiger partial charge in [-0.2, -0.15) is 0 Å². The predicted octanol–water partition coefficient (Wildman–Crippen LogP) is 6.65. The van der Waals surface area contributed by atoms with Crippen LogP contribution in [-0.2, 0) is 17.9 Å². The highest BCUT2D eigenvalue weighted by molar-refractivity contribution is 7.53. The van der Waals surface area contributed by atoms with Crippen molar-refractivity contribution in [2.45, 2.75) is 104 Å². The van der Waals surface area contributed by atoms with E-state index in [0.717, 1.165) is 38.5 Å². The highest BCUT2D eigenvalue weighted by Crippen LogP contribution is 2.55. The van der Waals surface area contributed by atoms with Crippen LogP contribution in [0.5, 0.6) is 0 Å². The maximum Gasteiger partial charge on any atom is 0.478 e. The van der Waals surface area contributed by atoms with Gasteiger partial charge >= 0.3 is 7.82 Å². The van der Waals surface area contributed by atoms with E-state index >= 15 is 0 Å². The summed E-state index contributed by atoms with van der Waals surface area (Å²) in [5.41, 5.74) is 0. The monoisotopic (exact) mass is 354 g/mol. The molecule has 0 aliphatic carbocycles. The van der Waals surface area contributed by atoms with Gasteiger partial charge in [-0.25, -0.2) is 4.57 Å². The van der Waals surface area contributed by atoms with Gasteiger partial charge in [0.1, 0.15) is 0 Å². The van der Waals surface area contributed by atoms with Gasteiger partial charge in [-0.1, -0.05) is 66.2 Å². The first-order valence-corrected chi connectivity index (χ1v) is 10.8. The van der Waals surface area contributed by atoms with E-state index in [1.165, 1.54) is 25.7 Å². The molecule has 3 atom stereocenters. The Kier molecular flexibility index (Phi) is 14.3. The largest absolute Gasteiger partial charge is 0.478 e. The Morgan fingerprint density at radius 2 is 1.23 bits per heavy atom. The van der Waals surface area contributed by atoms with Crippen molar-refractivity contribution < 1.29 is 17.9 Å². The number of phosphoric acid groups is 1. The van der Waals surface area contributed by atoms with Crippen molar-refractivity contribution in [1.82, 2.24) is 0 Å². The Balaban J connectivity index is 4.47. The topological polar surface area (TPSA) is 44.8 Å². The lowest BCUT2D eigenvalue weighted by Gasteiger charge is -2.25. The number of hydrogen-bond donors (Lipinski definition) is 0. The first-order chi connectivity index (χ1) is 10.5. The van der Waals surface area contributed by atoms with E-state index in [4.69, 9.17) is 13.4 Å². The van der Waals surface area contributed by atoms with E-state index in [2.05, 4.69) is 13.8 Å². The molecule has 0 saturated heterocycles. The molecule has 134 valence electrons. The van der Waals surface area contributed by atoms with Crippen LogP contribution < -0.4 is 0 Å². The van der Waals surface area contributed by atoms with Crippen molar-refractivity contribution in [2.75, 3.05) is 0 Å². The highest BCUT2D eigenvalue weighted by Gasteiger charge is 2.31.